The predicted molar refractivity (Wildman–Crippen MR) is 118 cm³/mol. The Morgan fingerprint density at radius 1 is 1.00 bits per heavy atom. The first-order valence-electron chi connectivity index (χ1n) is 10.6. The topological polar surface area (TPSA) is 75.0 Å². The standard InChI is InChI=1S/C25H26O6/c1-16(25(27)30-19-6-4-3-5-7-19)29-20-12-13-23-21(14-20)22(26)15-24(31-23)17-8-10-18(28-2)11-9-17/h8-16,19H,3-7H2,1-2H3. The van der Waals surface area contributed by atoms with E-state index in [9.17, 15) is 9.59 Å². The van der Waals surface area contributed by atoms with Crippen molar-refractivity contribution < 1.29 is 23.4 Å². The molecule has 1 aliphatic rings. The van der Waals surface area contributed by atoms with Crippen LogP contribution in [0.5, 0.6) is 11.5 Å². The normalized spacial score (nSPS) is 15.4. The van der Waals surface area contributed by atoms with Gasteiger partial charge in [0.2, 0.25) is 0 Å². The molecule has 1 saturated carbocycles. The first-order valence-corrected chi connectivity index (χ1v) is 10.6. The zero-order chi connectivity index (χ0) is 21.8. The highest BCUT2D eigenvalue weighted by Crippen LogP contribution is 2.27. The number of hydrogen-bond acceptors (Lipinski definition) is 6. The number of benzene rings is 2. The largest absolute Gasteiger partial charge is 0.497 e. The van der Waals surface area contributed by atoms with Crippen molar-refractivity contribution in [2.45, 2.75) is 51.2 Å². The maximum Gasteiger partial charge on any atom is 0.347 e. The molecular formula is C25H26O6. The van der Waals surface area contributed by atoms with Crippen LogP contribution in [0.1, 0.15) is 39.0 Å². The van der Waals surface area contributed by atoms with Gasteiger partial charge in [-0.3, -0.25) is 4.79 Å². The third-order valence-corrected chi connectivity index (χ3v) is 5.55. The van der Waals surface area contributed by atoms with Crippen LogP contribution in [0.3, 0.4) is 0 Å². The second kappa shape index (κ2) is 9.25. The molecule has 0 saturated heterocycles. The molecule has 1 heterocycles. The summed E-state index contributed by atoms with van der Waals surface area (Å²) in [6.45, 7) is 1.66. The van der Waals surface area contributed by atoms with Crippen molar-refractivity contribution in [3.63, 3.8) is 0 Å². The average molecular weight is 422 g/mol. The molecule has 3 aromatic rings. The molecule has 0 bridgehead atoms. The van der Waals surface area contributed by atoms with E-state index in [1.807, 2.05) is 24.3 Å². The summed E-state index contributed by atoms with van der Waals surface area (Å²) in [6, 6.07) is 13.7. The molecule has 0 aliphatic heterocycles. The van der Waals surface area contributed by atoms with Crippen molar-refractivity contribution in [2.24, 2.45) is 0 Å². The van der Waals surface area contributed by atoms with Crippen LogP contribution >= 0.6 is 0 Å². The smallest absolute Gasteiger partial charge is 0.347 e. The predicted octanol–water partition coefficient (Wildman–Crippen LogP) is 5.11. The molecule has 6 heteroatoms. The van der Waals surface area contributed by atoms with E-state index in [-0.39, 0.29) is 17.5 Å². The lowest BCUT2D eigenvalue weighted by Crippen LogP contribution is -2.31. The van der Waals surface area contributed by atoms with Crippen LogP contribution in [0.25, 0.3) is 22.3 Å². The Morgan fingerprint density at radius 2 is 1.71 bits per heavy atom. The minimum Gasteiger partial charge on any atom is -0.497 e. The van der Waals surface area contributed by atoms with Crippen molar-refractivity contribution >= 4 is 16.9 Å². The van der Waals surface area contributed by atoms with Gasteiger partial charge in [0.05, 0.1) is 12.5 Å². The number of ether oxygens (including phenoxy) is 3. The van der Waals surface area contributed by atoms with Crippen LogP contribution in [0.2, 0.25) is 0 Å². The van der Waals surface area contributed by atoms with Crippen molar-refractivity contribution in [1.29, 1.82) is 0 Å². The van der Waals surface area contributed by atoms with Gasteiger partial charge in [-0.1, -0.05) is 6.42 Å². The summed E-state index contributed by atoms with van der Waals surface area (Å²) >= 11 is 0. The minimum atomic E-state index is -0.759. The Balaban J connectivity index is 1.50. The van der Waals surface area contributed by atoms with Crippen LogP contribution in [-0.4, -0.2) is 25.3 Å². The zero-order valence-electron chi connectivity index (χ0n) is 17.8. The van der Waals surface area contributed by atoms with E-state index < -0.39 is 6.10 Å². The van der Waals surface area contributed by atoms with Crippen LogP contribution in [0, 0.1) is 0 Å². The number of methoxy groups -OCH3 is 1. The van der Waals surface area contributed by atoms with E-state index in [4.69, 9.17) is 18.6 Å². The molecule has 1 aliphatic carbocycles. The molecule has 6 nitrogen and oxygen atoms in total. The Labute approximate surface area is 180 Å². The van der Waals surface area contributed by atoms with E-state index >= 15 is 0 Å². The zero-order valence-corrected chi connectivity index (χ0v) is 17.8. The molecule has 1 atom stereocenters. The SMILES string of the molecule is COc1ccc(-c2cc(=O)c3cc(OC(C)C(=O)OC4CCCCC4)ccc3o2)cc1. The van der Waals surface area contributed by atoms with E-state index in [2.05, 4.69) is 0 Å². The van der Waals surface area contributed by atoms with Crippen LogP contribution in [0.15, 0.2) is 57.7 Å². The Morgan fingerprint density at radius 3 is 2.42 bits per heavy atom. The van der Waals surface area contributed by atoms with E-state index in [0.29, 0.717) is 22.5 Å². The molecule has 0 N–H and O–H groups in total. The summed E-state index contributed by atoms with van der Waals surface area (Å²) in [4.78, 5) is 25.1. The summed E-state index contributed by atoms with van der Waals surface area (Å²) in [5, 5.41) is 0.391. The van der Waals surface area contributed by atoms with Gasteiger partial charge >= 0.3 is 5.97 Å². The lowest BCUT2D eigenvalue weighted by atomic mass is 9.98. The number of hydrogen-bond donors (Lipinski definition) is 0. The fourth-order valence-electron chi connectivity index (χ4n) is 3.80. The second-order valence-corrected chi connectivity index (χ2v) is 7.82. The fourth-order valence-corrected chi connectivity index (χ4v) is 3.80. The monoisotopic (exact) mass is 422 g/mol. The highest BCUT2D eigenvalue weighted by atomic mass is 16.6. The molecule has 162 valence electrons. The highest BCUT2D eigenvalue weighted by molar-refractivity contribution is 5.80. The first-order chi connectivity index (χ1) is 15.0. The molecule has 0 spiro atoms. The molecule has 0 amide bonds. The molecular weight excluding hydrogens is 396 g/mol. The van der Waals surface area contributed by atoms with Gasteiger partial charge < -0.3 is 18.6 Å². The van der Waals surface area contributed by atoms with Gasteiger partial charge in [-0.05, 0) is 75.1 Å². The Kier molecular flexibility index (Phi) is 6.26. The number of carbonyl (C=O) groups excluding carboxylic acids is 1. The average Bonchev–Trinajstić information content (AvgIpc) is 2.80. The van der Waals surface area contributed by atoms with E-state index in [0.717, 1.165) is 37.0 Å². The van der Waals surface area contributed by atoms with Crippen molar-refractivity contribution in [3.05, 3.63) is 58.8 Å². The first kappa shape index (κ1) is 21.0. The summed E-state index contributed by atoms with van der Waals surface area (Å²) in [6.07, 6.45) is 4.41. The summed E-state index contributed by atoms with van der Waals surface area (Å²) in [7, 11) is 1.60. The highest BCUT2D eigenvalue weighted by Gasteiger charge is 2.23. The number of carbonyl (C=O) groups is 1. The number of fused-ring (bicyclic) bond motifs is 1. The summed E-state index contributed by atoms with van der Waals surface area (Å²) in [5.41, 5.74) is 1.04. The van der Waals surface area contributed by atoms with Crippen molar-refractivity contribution in [2.75, 3.05) is 7.11 Å². The Bertz CT molecular complexity index is 1110. The van der Waals surface area contributed by atoms with Gasteiger partial charge in [-0.2, -0.15) is 0 Å². The number of rotatable bonds is 6. The van der Waals surface area contributed by atoms with Gasteiger partial charge in [0.25, 0.3) is 0 Å². The van der Waals surface area contributed by atoms with Gasteiger partial charge in [0.15, 0.2) is 11.5 Å². The lowest BCUT2D eigenvalue weighted by molar-refractivity contribution is -0.158. The molecule has 31 heavy (non-hydrogen) atoms. The van der Waals surface area contributed by atoms with Crippen LogP contribution < -0.4 is 14.9 Å². The Hall–Kier alpha value is -3.28. The number of esters is 1. The third kappa shape index (κ3) is 4.90. The van der Waals surface area contributed by atoms with Gasteiger partial charge in [-0.25, -0.2) is 4.79 Å². The van der Waals surface area contributed by atoms with Crippen molar-refractivity contribution in [1.82, 2.24) is 0 Å². The summed E-state index contributed by atoms with van der Waals surface area (Å²) < 4.78 is 22.4. The summed E-state index contributed by atoms with van der Waals surface area (Å²) in [5.74, 6) is 1.24. The van der Waals surface area contributed by atoms with E-state index in [1.165, 1.54) is 12.5 Å². The molecule has 1 fully saturated rings. The molecule has 4 rings (SSSR count). The molecule has 1 aromatic heterocycles. The molecule has 1 unspecified atom stereocenters. The fraction of sp³-hybridized carbons (Fsp3) is 0.360. The van der Waals surface area contributed by atoms with Gasteiger partial charge in [0.1, 0.15) is 28.9 Å². The minimum absolute atomic E-state index is 0.0210. The van der Waals surface area contributed by atoms with E-state index in [1.54, 1.807) is 32.2 Å². The maximum absolute atomic E-state index is 12.7. The quantitative estimate of drug-likeness (QED) is 0.514. The second-order valence-electron chi connectivity index (χ2n) is 7.82. The van der Waals surface area contributed by atoms with Gasteiger partial charge in [0, 0.05) is 11.6 Å². The third-order valence-electron chi connectivity index (χ3n) is 5.55. The molecule has 2 aromatic carbocycles. The molecule has 0 radical (unpaired) electrons. The lowest BCUT2D eigenvalue weighted by Gasteiger charge is -2.23. The van der Waals surface area contributed by atoms with Crippen LogP contribution in [0.4, 0.5) is 0 Å². The van der Waals surface area contributed by atoms with Crippen molar-refractivity contribution in [3.8, 4) is 22.8 Å². The maximum atomic E-state index is 12.7. The van der Waals surface area contributed by atoms with Crippen LogP contribution in [-0.2, 0) is 9.53 Å². The van der Waals surface area contributed by atoms with Gasteiger partial charge in [-0.15, -0.1) is 0 Å².